The number of fused-ring (bicyclic) bond motifs is 3. The smallest absolute Gasteiger partial charge is 0.430 e. The van der Waals surface area contributed by atoms with Gasteiger partial charge < -0.3 is 19.0 Å². The molecule has 3 rings (SSSR count). The first-order chi connectivity index (χ1) is 15.9. The highest BCUT2D eigenvalue weighted by molar-refractivity contribution is 6.73. The molecule has 1 heterocycles. The van der Waals surface area contributed by atoms with Gasteiger partial charge in [0.2, 0.25) is 0 Å². The number of ether oxygens (including phenoxy) is 2. The molecule has 2 aliphatic carbocycles. The molecule has 192 valence electrons. The van der Waals surface area contributed by atoms with Crippen molar-refractivity contribution >= 4 is 20.3 Å². The number of carbonyl (C=O) groups is 2. The number of aliphatic hydroxyl groups excluding tert-OH is 1. The van der Waals surface area contributed by atoms with Gasteiger partial charge in [-0.15, -0.1) is 6.58 Å². The number of hydrogen-bond donors (Lipinski definition) is 1. The molecular weight excluding hydrogens is 448 g/mol. The van der Waals surface area contributed by atoms with Crippen molar-refractivity contribution < 1.29 is 28.6 Å². The molecule has 0 aromatic carbocycles. The number of hydrogen-bond acceptors (Lipinski definition) is 6. The fourth-order valence-electron chi connectivity index (χ4n) is 6.75. The second kappa shape index (κ2) is 9.90. The zero-order valence-corrected chi connectivity index (χ0v) is 23.1. The van der Waals surface area contributed by atoms with Crippen LogP contribution < -0.4 is 0 Å². The van der Waals surface area contributed by atoms with Crippen LogP contribution in [0.25, 0.3) is 0 Å². The quantitative estimate of drug-likeness (QED) is 0.256. The zero-order chi connectivity index (χ0) is 25.5. The Labute approximate surface area is 206 Å². The highest BCUT2D eigenvalue weighted by Gasteiger charge is 2.61. The maximum absolute atomic E-state index is 14.0. The van der Waals surface area contributed by atoms with Crippen LogP contribution in [-0.4, -0.2) is 49.8 Å². The molecule has 0 spiro atoms. The molecule has 34 heavy (non-hydrogen) atoms. The summed E-state index contributed by atoms with van der Waals surface area (Å²) >= 11 is 0. The average Bonchev–Trinajstić information content (AvgIpc) is 2.79. The molecule has 1 N–H and O–H groups in total. The number of aliphatic hydroxyl groups is 1. The van der Waals surface area contributed by atoms with Crippen LogP contribution in [0.2, 0.25) is 18.1 Å². The van der Waals surface area contributed by atoms with Gasteiger partial charge in [0, 0.05) is 5.92 Å². The third-order valence-corrected chi connectivity index (χ3v) is 13.9. The third kappa shape index (κ3) is 4.44. The van der Waals surface area contributed by atoms with Crippen molar-refractivity contribution in [2.24, 2.45) is 16.7 Å². The maximum atomic E-state index is 14.0. The highest BCUT2D eigenvalue weighted by atomic mass is 28.4. The first kappa shape index (κ1) is 27.1. The Bertz CT molecular complexity index is 836. The minimum absolute atomic E-state index is 0.111. The molecule has 1 saturated heterocycles. The van der Waals surface area contributed by atoms with Gasteiger partial charge in [-0.1, -0.05) is 47.6 Å². The van der Waals surface area contributed by atoms with Crippen molar-refractivity contribution in [2.75, 3.05) is 0 Å². The molecule has 1 aliphatic heterocycles. The van der Waals surface area contributed by atoms with Crippen LogP contribution in [0.4, 0.5) is 4.79 Å². The van der Waals surface area contributed by atoms with Gasteiger partial charge >= 0.3 is 6.16 Å². The molecule has 7 heteroatoms. The van der Waals surface area contributed by atoms with Gasteiger partial charge in [0.15, 0.2) is 20.2 Å². The Kier molecular flexibility index (Phi) is 7.90. The summed E-state index contributed by atoms with van der Waals surface area (Å²) in [5.41, 5.74) is 0.721. The number of Topliss-reactive ketones (excluding diaryl/α,β-unsaturated/α-hetero) is 1. The summed E-state index contributed by atoms with van der Waals surface area (Å²) in [6.07, 6.45) is 0.731. The zero-order valence-electron chi connectivity index (χ0n) is 22.1. The molecule has 1 unspecified atom stereocenters. The van der Waals surface area contributed by atoms with Gasteiger partial charge in [-0.25, -0.2) is 4.79 Å². The summed E-state index contributed by atoms with van der Waals surface area (Å²) in [7, 11) is -2.05. The topological polar surface area (TPSA) is 82.1 Å². The van der Waals surface area contributed by atoms with Crippen molar-refractivity contribution in [3.63, 3.8) is 0 Å². The van der Waals surface area contributed by atoms with Crippen molar-refractivity contribution in [1.82, 2.24) is 0 Å². The third-order valence-electron chi connectivity index (χ3n) is 9.24. The van der Waals surface area contributed by atoms with Gasteiger partial charge in [-0.3, -0.25) is 4.79 Å². The lowest BCUT2D eigenvalue weighted by Gasteiger charge is -2.55. The van der Waals surface area contributed by atoms with Crippen molar-refractivity contribution in [1.29, 1.82) is 0 Å². The Morgan fingerprint density at radius 1 is 1.15 bits per heavy atom. The number of rotatable bonds is 8. The predicted octanol–water partition coefficient (Wildman–Crippen LogP) is 5.95. The Morgan fingerprint density at radius 3 is 2.32 bits per heavy atom. The highest BCUT2D eigenvalue weighted by Crippen LogP contribution is 2.55. The molecule has 0 amide bonds. The van der Waals surface area contributed by atoms with Gasteiger partial charge in [0.25, 0.3) is 0 Å². The van der Waals surface area contributed by atoms with Crippen LogP contribution >= 0.6 is 0 Å². The van der Waals surface area contributed by atoms with E-state index in [1.54, 1.807) is 0 Å². The van der Waals surface area contributed by atoms with Crippen molar-refractivity contribution in [2.45, 2.75) is 117 Å². The van der Waals surface area contributed by atoms with E-state index in [2.05, 4.69) is 41.2 Å². The van der Waals surface area contributed by atoms with E-state index in [-0.39, 0.29) is 11.9 Å². The summed E-state index contributed by atoms with van der Waals surface area (Å²) in [6, 6.07) is 3.00. The van der Waals surface area contributed by atoms with Crippen LogP contribution in [0.3, 0.4) is 0 Å². The largest absolute Gasteiger partial charge is 0.509 e. The van der Waals surface area contributed by atoms with E-state index < -0.39 is 49.5 Å². The van der Waals surface area contributed by atoms with Gasteiger partial charge in [-0.05, 0) is 67.3 Å². The van der Waals surface area contributed by atoms with Gasteiger partial charge in [0.05, 0.1) is 17.6 Å². The Morgan fingerprint density at radius 2 is 1.76 bits per heavy atom. The molecule has 1 saturated carbocycles. The van der Waals surface area contributed by atoms with E-state index in [1.165, 1.54) is 0 Å². The second-order valence-electron chi connectivity index (χ2n) is 11.3. The fourth-order valence-corrected chi connectivity index (χ4v) is 9.56. The normalized spacial score (nSPS) is 35.6. The lowest BCUT2D eigenvalue weighted by molar-refractivity contribution is -0.182. The summed E-state index contributed by atoms with van der Waals surface area (Å²) < 4.78 is 18.6. The van der Waals surface area contributed by atoms with Crippen LogP contribution in [0.15, 0.2) is 23.8 Å². The van der Waals surface area contributed by atoms with E-state index in [1.807, 2.05) is 19.9 Å². The summed E-state index contributed by atoms with van der Waals surface area (Å²) in [5, 5.41) is 11.0. The van der Waals surface area contributed by atoms with E-state index in [0.717, 1.165) is 29.3 Å². The summed E-state index contributed by atoms with van der Waals surface area (Å²) in [4.78, 5) is 26.5. The van der Waals surface area contributed by atoms with E-state index in [4.69, 9.17) is 13.9 Å². The molecule has 0 aromatic heterocycles. The lowest BCUT2D eigenvalue weighted by atomic mass is 9.55. The van der Waals surface area contributed by atoms with Gasteiger partial charge in [-0.2, -0.15) is 0 Å². The van der Waals surface area contributed by atoms with E-state index >= 15 is 0 Å². The first-order valence-electron chi connectivity index (χ1n) is 13.0. The van der Waals surface area contributed by atoms with Gasteiger partial charge in [0.1, 0.15) is 6.10 Å². The summed E-state index contributed by atoms with van der Waals surface area (Å²) in [5.74, 6) is -0.580. The minimum Gasteiger partial charge on any atom is -0.430 e. The molecule has 6 atom stereocenters. The second-order valence-corrected chi connectivity index (χ2v) is 16.0. The SMILES string of the molecule is C=CCC[C@@H]1OC(=O)O[C@@H]2C(=O)C3C[C@H](O)C(C)=C([C@H](O[Si](CC)(CC)CC)C[C@]12C)C3(C)C. The Balaban J connectivity index is 2.22. The number of cyclic esters (lactones) is 1. The fraction of sp³-hybridized carbons (Fsp3) is 0.778. The molecular formula is C27H44O6Si. The maximum Gasteiger partial charge on any atom is 0.509 e. The van der Waals surface area contributed by atoms with Crippen molar-refractivity contribution in [3.05, 3.63) is 23.8 Å². The van der Waals surface area contributed by atoms with Crippen LogP contribution in [0.1, 0.15) is 74.1 Å². The van der Waals surface area contributed by atoms with E-state index in [9.17, 15) is 14.7 Å². The molecule has 0 radical (unpaired) electrons. The lowest BCUT2D eigenvalue weighted by Crippen LogP contribution is -2.62. The molecule has 3 aliphatic rings. The molecule has 6 nitrogen and oxygen atoms in total. The van der Waals surface area contributed by atoms with Crippen LogP contribution in [-0.2, 0) is 18.7 Å². The standard InChI is InChI=1S/C27H44O6Si/c1-9-13-14-21-27(8)16-20(33-34(10-2,11-3)12-4)22-17(5)19(28)15-18(26(22,6)7)23(29)24(27)32-25(30)31-21/h9,18-21,24,28H,1,10-16H2,2-8H3/t18?,19-,20+,21-,24+,27+/m0/s1. The van der Waals surface area contributed by atoms with E-state index in [0.29, 0.717) is 25.7 Å². The predicted molar refractivity (Wildman–Crippen MR) is 135 cm³/mol. The molecule has 2 fully saturated rings. The van der Waals surface area contributed by atoms with Crippen LogP contribution in [0.5, 0.6) is 0 Å². The summed E-state index contributed by atoms with van der Waals surface area (Å²) in [6.45, 7) is 18.6. The van der Waals surface area contributed by atoms with Crippen molar-refractivity contribution in [3.8, 4) is 0 Å². The molecule has 2 bridgehead atoms. The monoisotopic (exact) mass is 492 g/mol. The Hall–Kier alpha value is -1.44. The number of carbonyl (C=O) groups excluding carboxylic acids is 2. The van der Waals surface area contributed by atoms with Crippen LogP contribution in [0, 0.1) is 16.7 Å². The number of ketones is 1. The minimum atomic E-state index is -2.05. The average molecular weight is 493 g/mol. The first-order valence-corrected chi connectivity index (χ1v) is 15.5. The molecule has 0 aromatic rings. The number of allylic oxidation sites excluding steroid dienone is 1.